The van der Waals surface area contributed by atoms with Gasteiger partial charge in [-0.1, -0.05) is 18.2 Å². The molecule has 180 valence electrons. The molecule has 1 saturated carbocycles. The monoisotopic (exact) mass is 474 g/mol. The third kappa shape index (κ3) is 4.80. The predicted octanol–water partition coefficient (Wildman–Crippen LogP) is 5.33. The zero-order valence-electron chi connectivity index (χ0n) is 19.9. The molecule has 1 fully saturated rings. The van der Waals surface area contributed by atoms with Crippen molar-refractivity contribution in [1.82, 2.24) is 19.6 Å². The standard InChI is InChI=1S/C26H27FN6O2/c1-26(2,3)35-25(34)32(15-18-10-9-17(12-20(18)27)21-6-4-5-11-29-21)23-13-22(28)31-24-19(16-7-8-16)14-30-33(23)24/h4-6,9-14,16H,7-8,15H2,1-3H3,(H2,28,31). The summed E-state index contributed by atoms with van der Waals surface area (Å²) in [7, 11) is 0. The molecule has 0 radical (unpaired) electrons. The van der Waals surface area contributed by atoms with E-state index in [1.54, 1.807) is 61.9 Å². The molecule has 3 heterocycles. The average Bonchev–Trinajstić information content (AvgIpc) is 3.56. The number of anilines is 2. The number of amides is 1. The second-order valence-electron chi connectivity index (χ2n) is 9.74. The molecule has 2 N–H and O–H groups in total. The summed E-state index contributed by atoms with van der Waals surface area (Å²) in [6, 6.07) is 11.9. The van der Waals surface area contributed by atoms with Crippen molar-refractivity contribution in [3.63, 3.8) is 0 Å². The number of rotatable bonds is 5. The molecule has 8 nitrogen and oxygen atoms in total. The van der Waals surface area contributed by atoms with Crippen LogP contribution >= 0.6 is 0 Å². The molecule has 0 aliphatic heterocycles. The van der Waals surface area contributed by atoms with Crippen LogP contribution in [0.5, 0.6) is 0 Å². The largest absolute Gasteiger partial charge is 0.443 e. The van der Waals surface area contributed by atoms with Gasteiger partial charge < -0.3 is 10.5 Å². The van der Waals surface area contributed by atoms with Crippen molar-refractivity contribution in [3.05, 3.63) is 71.8 Å². The fourth-order valence-corrected chi connectivity index (χ4v) is 3.95. The lowest BCUT2D eigenvalue weighted by Crippen LogP contribution is -2.38. The number of halogens is 1. The minimum atomic E-state index is -0.752. The number of fused-ring (bicyclic) bond motifs is 1. The topological polar surface area (TPSA) is 98.6 Å². The van der Waals surface area contributed by atoms with Crippen LogP contribution in [0.15, 0.2) is 54.9 Å². The zero-order chi connectivity index (χ0) is 24.7. The highest BCUT2D eigenvalue weighted by atomic mass is 19.1. The van der Waals surface area contributed by atoms with Gasteiger partial charge in [0.05, 0.1) is 18.4 Å². The number of nitrogens with two attached hydrogens (primary N) is 1. The van der Waals surface area contributed by atoms with Crippen LogP contribution in [0.25, 0.3) is 16.9 Å². The normalized spacial score (nSPS) is 13.7. The van der Waals surface area contributed by atoms with E-state index in [1.165, 1.54) is 11.0 Å². The van der Waals surface area contributed by atoms with Crippen LogP contribution in [0.4, 0.5) is 20.8 Å². The van der Waals surface area contributed by atoms with Gasteiger partial charge in [0, 0.05) is 29.0 Å². The first-order chi connectivity index (χ1) is 16.7. The molecular weight excluding hydrogens is 447 g/mol. The van der Waals surface area contributed by atoms with Crippen molar-refractivity contribution in [2.75, 3.05) is 10.6 Å². The van der Waals surface area contributed by atoms with Crippen molar-refractivity contribution in [1.29, 1.82) is 0 Å². The maximum Gasteiger partial charge on any atom is 0.416 e. The van der Waals surface area contributed by atoms with Crippen LogP contribution in [0.1, 0.15) is 50.7 Å². The Morgan fingerprint density at radius 2 is 2.03 bits per heavy atom. The zero-order valence-corrected chi connectivity index (χ0v) is 19.9. The Bertz CT molecular complexity index is 1390. The molecule has 5 rings (SSSR count). The van der Waals surface area contributed by atoms with E-state index in [9.17, 15) is 4.79 Å². The van der Waals surface area contributed by atoms with E-state index < -0.39 is 17.5 Å². The van der Waals surface area contributed by atoms with Gasteiger partial charge in [-0.3, -0.25) is 9.88 Å². The van der Waals surface area contributed by atoms with Gasteiger partial charge in [0.25, 0.3) is 0 Å². The molecule has 0 saturated heterocycles. The molecule has 4 aromatic rings. The summed E-state index contributed by atoms with van der Waals surface area (Å²) >= 11 is 0. The summed E-state index contributed by atoms with van der Waals surface area (Å²) in [5.74, 6) is 0.539. The van der Waals surface area contributed by atoms with Crippen molar-refractivity contribution in [3.8, 4) is 11.3 Å². The summed E-state index contributed by atoms with van der Waals surface area (Å²) in [5, 5.41) is 4.49. The van der Waals surface area contributed by atoms with Crippen molar-refractivity contribution in [2.24, 2.45) is 0 Å². The van der Waals surface area contributed by atoms with Crippen LogP contribution in [-0.4, -0.2) is 31.3 Å². The van der Waals surface area contributed by atoms with E-state index in [4.69, 9.17) is 10.5 Å². The minimum Gasteiger partial charge on any atom is -0.443 e. The second kappa shape index (κ2) is 8.65. The Labute approximate surface area is 202 Å². The number of aromatic nitrogens is 4. The maximum absolute atomic E-state index is 15.3. The Morgan fingerprint density at radius 3 is 2.69 bits per heavy atom. The quantitative estimate of drug-likeness (QED) is 0.420. The summed E-state index contributed by atoms with van der Waals surface area (Å²) in [4.78, 5) is 23.4. The number of nitrogens with zero attached hydrogens (tertiary/aromatic N) is 5. The second-order valence-corrected chi connectivity index (χ2v) is 9.74. The summed E-state index contributed by atoms with van der Waals surface area (Å²) < 4.78 is 22.5. The molecule has 35 heavy (non-hydrogen) atoms. The highest BCUT2D eigenvalue weighted by Gasteiger charge is 2.31. The van der Waals surface area contributed by atoms with E-state index in [0.29, 0.717) is 34.2 Å². The molecule has 1 amide bonds. The number of benzene rings is 1. The maximum atomic E-state index is 15.3. The predicted molar refractivity (Wildman–Crippen MR) is 131 cm³/mol. The summed E-state index contributed by atoms with van der Waals surface area (Å²) in [6.07, 6.45) is 4.91. The van der Waals surface area contributed by atoms with Crippen LogP contribution in [0, 0.1) is 5.82 Å². The first kappa shape index (κ1) is 22.8. The number of nitrogen functional groups attached to an aromatic ring is 1. The number of pyridine rings is 1. The Morgan fingerprint density at radius 1 is 1.23 bits per heavy atom. The lowest BCUT2D eigenvalue weighted by atomic mass is 10.1. The number of hydrogen-bond acceptors (Lipinski definition) is 6. The van der Waals surface area contributed by atoms with Gasteiger partial charge in [0.15, 0.2) is 5.65 Å². The first-order valence-corrected chi connectivity index (χ1v) is 11.5. The number of ether oxygens (including phenoxy) is 1. The molecular formula is C26H27FN6O2. The summed E-state index contributed by atoms with van der Waals surface area (Å²) in [6.45, 7) is 5.25. The minimum absolute atomic E-state index is 0.0829. The molecule has 0 unspecified atom stereocenters. The summed E-state index contributed by atoms with van der Waals surface area (Å²) in [5.41, 5.74) is 8.60. The number of carbonyl (C=O) groups excluding carboxylic acids is 1. The van der Waals surface area contributed by atoms with Gasteiger partial charge in [-0.15, -0.1) is 0 Å². The van der Waals surface area contributed by atoms with Crippen LogP contribution in [0.2, 0.25) is 0 Å². The molecule has 3 aromatic heterocycles. The third-order valence-electron chi connectivity index (χ3n) is 5.75. The molecule has 0 spiro atoms. The van der Waals surface area contributed by atoms with E-state index in [0.717, 1.165) is 18.4 Å². The van der Waals surface area contributed by atoms with Crippen molar-refractivity contribution >= 4 is 23.4 Å². The smallest absolute Gasteiger partial charge is 0.416 e. The van der Waals surface area contributed by atoms with Gasteiger partial charge >= 0.3 is 6.09 Å². The Balaban J connectivity index is 1.56. The van der Waals surface area contributed by atoms with Crippen LogP contribution in [0.3, 0.4) is 0 Å². The fourth-order valence-electron chi connectivity index (χ4n) is 3.95. The Hall–Kier alpha value is -4.01. The van der Waals surface area contributed by atoms with E-state index in [2.05, 4.69) is 15.1 Å². The molecule has 1 aliphatic carbocycles. The molecule has 1 aromatic carbocycles. The van der Waals surface area contributed by atoms with Crippen molar-refractivity contribution in [2.45, 2.75) is 51.7 Å². The van der Waals surface area contributed by atoms with Crippen molar-refractivity contribution < 1.29 is 13.9 Å². The van der Waals surface area contributed by atoms with Gasteiger partial charge in [0.2, 0.25) is 0 Å². The Kier molecular flexibility index (Phi) is 5.62. The van der Waals surface area contributed by atoms with E-state index in [-0.39, 0.29) is 12.4 Å². The van der Waals surface area contributed by atoms with Crippen LogP contribution < -0.4 is 10.6 Å². The van der Waals surface area contributed by atoms with E-state index >= 15 is 4.39 Å². The van der Waals surface area contributed by atoms with Gasteiger partial charge in [-0.2, -0.15) is 9.61 Å². The SMILES string of the molecule is CC(C)(C)OC(=O)N(Cc1ccc(-c2ccccn2)cc1F)c1cc(N)nc2c(C3CC3)cnn12. The molecule has 9 heteroatoms. The highest BCUT2D eigenvalue weighted by Crippen LogP contribution is 2.42. The van der Waals surface area contributed by atoms with E-state index in [1.807, 2.05) is 12.1 Å². The fraction of sp³-hybridized carbons (Fsp3) is 0.308. The van der Waals surface area contributed by atoms with Gasteiger partial charge in [-0.05, 0) is 57.7 Å². The number of carbonyl (C=O) groups is 1. The lowest BCUT2D eigenvalue weighted by Gasteiger charge is -2.28. The lowest BCUT2D eigenvalue weighted by molar-refractivity contribution is 0.0575. The van der Waals surface area contributed by atoms with Gasteiger partial charge in [-0.25, -0.2) is 14.2 Å². The van der Waals surface area contributed by atoms with Crippen LogP contribution in [-0.2, 0) is 11.3 Å². The number of hydrogen-bond donors (Lipinski definition) is 1. The first-order valence-electron chi connectivity index (χ1n) is 11.5. The van der Waals surface area contributed by atoms with Gasteiger partial charge in [0.1, 0.15) is 23.1 Å². The molecule has 0 atom stereocenters. The molecule has 0 bridgehead atoms. The highest BCUT2D eigenvalue weighted by molar-refractivity contribution is 5.88. The molecule has 1 aliphatic rings. The third-order valence-corrected chi connectivity index (χ3v) is 5.75. The average molecular weight is 475 g/mol.